The monoisotopic (exact) mass is 348 g/mol. The van der Waals surface area contributed by atoms with Gasteiger partial charge in [0.1, 0.15) is 0 Å². The number of hydrogen-bond acceptors (Lipinski definition) is 5. The van der Waals surface area contributed by atoms with Gasteiger partial charge in [0.15, 0.2) is 11.6 Å². The van der Waals surface area contributed by atoms with Crippen LogP contribution in [0.2, 0.25) is 0 Å². The molecule has 0 aliphatic heterocycles. The lowest BCUT2D eigenvalue weighted by molar-refractivity contribution is -0.149. The summed E-state index contributed by atoms with van der Waals surface area (Å²) in [5.41, 5.74) is -0.558. The van der Waals surface area contributed by atoms with Crippen LogP contribution < -0.4 is 0 Å². The standard InChI is InChI=1S/C19H21FO5/c1-8-13-10(6-12(20)15(8)21)11-4-5-18(24)7-19(11,16(22)9(18)2)14(13)17(23)25-3/h6,11,14,16,21-22,24H,2,4-5,7H2,1,3H3/t11-,14+,16?,18-,19?/m0/s1. The summed E-state index contributed by atoms with van der Waals surface area (Å²) in [5.74, 6) is -3.00. The molecule has 25 heavy (non-hydrogen) atoms. The third-order valence-electron chi connectivity index (χ3n) is 6.75. The number of aromatic hydroxyl groups is 1. The third-order valence-corrected chi connectivity index (χ3v) is 6.75. The van der Waals surface area contributed by atoms with Gasteiger partial charge in [0.25, 0.3) is 0 Å². The zero-order valence-electron chi connectivity index (χ0n) is 14.2. The number of ether oxygens (including phenoxy) is 1. The van der Waals surface area contributed by atoms with E-state index >= 15 is 0 Å². The average molecular weight is 348 g/mol. The molecule has 0 aromatic heterocycles. The molecule has 5 nitrogen and oxygen atoms in total. The first-order chi connectivity index (χ1) is 11.7. The Morgan fingerprint density at radius 1 is 1.48 bits per heavy atom. The van der Waals surface area contributed by atoms with Crippen LogP contribution in [0.15, 0.2) is 18.2 Å². The molecule has 1 spiro atoms. The fourth-order valence-electron chi connectivity index (χ4n) is 5.62. The summed E-state index contributed by atoms with van der Waals surface area (Å²) >= 11 is 0. The van der Waals surface area contributed by atoms with Gasteiger partial charge in [-0.3, -0.25) is 4.79 Å². The Labute approximate surface area is 144 Å². The van der Waals surface area contributed by atoms with E-state index in [2.05, 4.69) is 6.58 Å². The van der Waals surface area contributed by atoms with Crippen molar-refractivity contribution in [2.75, 3.05) is 7.11 Å². The molecule has 5 atom stereocenters. The number of esters is 1. The molecule has 1 aromatic rings. The minimum absolute atomic E-state index is 0.168. The molecule has 0 amide bonds. The van der Waals surface area contributed by atoms with Crippen LogP contribution in [0.25, 0.3) is 0 Å². The van der Waals surface area contributed by atoms with Crippen LogP contribution >= 0.6 is 0 Å². The van der Waals surface area contributed by atoms with E-state index in [1.165, 1.54) is 13.2 Å². The van der Waals surface area contributed by atoms with Gasteiger partial charge in [-0.25, -0.2) is 4.39 Å². The highest BCUT2D eigenvalue weighted by atomic mass is 19.1. The molecule has 134 valence electrons. The fraction of sp³-hybridized carbons (Fsp3) is 0.526. The van der Waals surface area contributed by atoms with E-state index < -0.39 is 40.6 Å². The number of rotatable bonds is 1. The second-order valence-electron chi connectivity index (χ2n) is 7.63. The molecule has 0 radical (unpaired) electrons. The van der Waals surface area contributed by atoms with Crippen molar-refractivity contribution in [1.29, 1.82) is 0 Å². The number of phenolic OH excluding ortho intramolecular Hbond substituents is 1. The lowest BCUT2D eigenvalue weighted by Gasteiger charge is -2.42. The maximum absolute atomic E-state index is 14.2. The Morgan fingerprint density at radius 2 is 2.16 bits per heavy atom. The molecule has 0 heterocycles. The lowest BCUT2D eigenvalue weighted by atomic mass is 9.62. The van der Waals surface area contributed by atoms with Crippen LogP contribution in [0.5, 0.6) is 5.75 Å². The second kappa shape index (κ2) is 4.83. The number of carbonyl (C=O) groups excluding carboxylic acids is 1. The third kappa shape index (κ3) is 1.71. The van der Waals surface area contributed by atoms with Gasteiger partial charge in [-0.2, -0.15) is 0 Å². The first-order valence-corrected chi connectivity index (χ1v) is 8.38. The van der Waals surface area contributed by atoms with Crippen molar-refractivity contribution < 1.29 is 29.2 Å². The van der Waals surface area contributed by atoms with Gasteiger partial charge in [-0.15, -0.1) is 0 Å². The normalized spacial score (nSPS) is 38.4. The van der Waals surface area contributed by atoms with Gasteiger partial charge in [0, 0.05) is 5.41 Å². The van der Waals surface area contributed by atoms with E-state index in [4.69, 9.17) is 4.74 Å². The summed E-state index contributed by atoms with van der Waals surface area (Å²) < 4.78 is 19.2. The molecule has 3 aliphatic carbocycles. The number of phenols is 1. The van der Waals surface area contributed by atoms with Crippen molar-refractivity contribution in [1.82, 2.24) is 0 Å². The van der Waals surface area contributed by atoms with Crippen molar-refractivity contribution in [3.8, 4) is 5.75 Å². The molecule has 4 rings (SSSR count). The molecule has 0 saturated heterocycles. The summed E-state index contributed by atoms with van der Waals surface area (Å²) in [6.45, 7) is 5.43. The Bertz CT molecular complexity index is 819. The molecule has 2 saturated carbocycles. The number of fused-ring (bicyclic) bond motifs is 3. The van der Waals surface area contributed by atoms with E-state index in [0.717, 1.165) is 0 Å². The molecule has 2 fully saturated rings. The fourth-order valence-corrected chi connectivity index (χ4v) is 5.62. The highest BCUT2D eigenvalue weighted by Gasteiger charge is 2.71. The molecule has 1 aromatic carbocycles. The van der Waals surface area contributed by atoms with Gasteiger partial charge in [-0.1, -0.05) is 6.58 Å². The highest BCUT2D eigenvalue weighted by molar-refractivity contribution is 5.84. The lowest BCUT2D eigenvalue weighted by Crippen LogP contribution is -2.44. The molecular weight excluding hydrogens is 327 g/mol. The van der Waals surface area contributed by atoms with Crippen molar-refractivity contribution in [3.63, 3.8) is 0 Å². The molecule has 2 unspecified atom stereocenters. The zero-order valence-corrected chi connectivity index (χ0v) is 14.2. The van der Waals surface area contributed by atoms with Crippen LogP contribution in [-0.2, 0) is 9.53 Å². The van der Waals surface area contributed by atoms with Crippen molar-refractivity contribution >= 4 is 5.97 Å². The number of halogens is 1. The molecule has 3 aliphatic rings. The maximum Gasteiger partial charge on any atom is 0.313 e. The summed E-state index contributed by atoms with van der Waals surface area (Å²) in [4.78, 5) is 12.7. The van der Waals surface area contributed by atoms with E-state index in [0.29, 0.717) is 29.5 Å². The van der Waals surface area contributed by atoms with Crippen molar-refractivity contribution in [2.24, 2.45) is 5.41 Å². The molecular formula is C19H21FO5. The van der Waals surface area contributed by atoms with E-state index in [-0.39, 0.29) is 17.9 Å². The summed E-state index contributed by atoms with van der Waals surface area (Å²) in [7, 11) is 1.26. The molecule has 2 bridgehead atoms. The van der Waals surface area contributed by atoms with Crippen LogP contribution in [0.1, 0.15) is 47.8 Å². The minimum Gasteiger partial charge on any atom is -0.505 e. The highest BCUT2D eigenvalue weighted by Crippen LogP contribution is 2.71. The Morgan fingerprint density at radius 3 is 2.80 bits per heavy atom. The van der Waals surface area contributed by atoms with Crippen molar-refractivity contribution in [2.45, 2.75) is 49.7 Å². The van der Waals surface area contributed by atoms with Gasteiger partial charge in [0.05, 0.1) is 24.7 Å². The largest absolute Gasteiger partial charge is 0.505 e. The predicted molar refractivity (Wildman–Crippen MR) is 86.7 cm³/mol. The molecule has 6 heteroatoms. The first-order valence-electron chi connectivity index (χ1n) is 8.38. The van der Waals surface area contributed by atoms with Crippen LogP contribution in [0, 0.1) is 18.2 Å². The summed E-state index contributed by atoms with van der Waals surface area (Å²) in [5, 5.41) is 31.9. The predicted octanol–water partition coefficient (Wildman–Crippen LogP) is 2.03. The Kier molecular flexibility index (Phi) is 3.19. The van der Waals surface area contributed by atoms with Crippen LogP contribution in [0.3, 0.4) is 0 Å². The number of carbonyl (C=O) groups is 1. The SMILES string of the molecule is C=C1C(O)C23C[C@@]1(O)CC[C@H]2c1cc(F)c(O)c(C)c1[C@@H]3C(=O)OC. The topological polar surface area (TPSA) is 87.0 Å². The average Bonchev–Trinajstić information content (AvgIpc) is 2.94. The van der Waals surface area contributed by atoms with E-state index in [9.17, 15) is 24.5 Å². The zero-order chi connectivity index (χ0) is 18.3. The van der Waals surface area contributed by atoms with Gasteiger partial charge >= 0.3 is 5.97 Å². The molecule has 3 N–H and O–H groups in total. The van der Waals surface area contributed by atoms with E-state index in [1.54, 1.807) is 6.92 Å². The summed E-state index contributed by atoms with van der Waals surface area (Å²) in [6.07, 6.45) is -0.0481. The van der Waals surface area contributed by atoms with E-state index in [1.807, 2.05) is 0 Å². The number of aliphatic hydroxyl groups excluding tert-OH is 1. The Balaban J connectivity index is 2.04. The quantitative estimate of drug-likeness (QED) is 0.534. The minimum atomic E-state index is -1.24. The summed E-state index contributed by atoms with van der Waals surface area (Å²) in [6, 6.07) is 1.26. The van der Waals surface area contributed by atoms with Crippen LogP contribution in [0.4, 0.5) is 4.39 Å². The number of hydrogen-bond donors (Lipinski definition) is 3. The first kappa shape index (κ1) is 16.5. The van der Waals surface area contributed by atoms with Crippen LogP contribution in [-0.4, -0.2) is 40.1 Å². The Hall–Kier alpha value is -1.92. The van der Waals surface area contributed by atoms with Crippen molar-refractivity contribution in [3.05, 3.63) is 40.7 Å². The number of aliphatic hydroxyl groups is 2. The smallest absolute Gasteiger partial charge is 0.313 e. The number of benzene rings is 1. The maximum atomic E-state index is 14.2. The van der Waals surface area contributed by atoms with Gasteiger partial charge in [0.2, 0.25) is 0 Å². The second-order valence-corrected chi connectivity index (χ2v) is 7.63. The van der Waals surface area contributed by atoms with Gasteiger partial charge in [-0.05, 0) is 60.4 Å². The number of methoxy groups -OCH3 is 1. The van der Waals surface area contributed by atoms with Gasteiger partial charge < -0.3 is 20.1 Å².